The van der Waals surface area contributed by atoms with Crippen LogP contribution in [0.2, 0.25) is 0 Å². The minimum atomic E-state index is -4.64. The van der Waals surface area contributed by atoms with Crippen LogP contribution >= 0.6 is 0 Å². The zero-order valence-electron chi connectivity index (χ0n) is 10.1. The van der Waals surface area contributed by atoms with Crippen molar-refractivity contribution in [2.24, 2.45) is 5.92 Å². The van der Waals surface area contributed by atoms with E-state index in [0.717, 1.165) is 0 Å². The van der Waals surface area contributed by atoms with Gasteiger partial charge in [-0.2, -0.15) is 0 Å². The minimum absolute atomic E-state index is 0.0635. The predicted molar refractivity (Wildman–Crippen MR) is 55.3 cm³/mol. The van der Waals surface area contributed by atoms with Gasteiger partial charge in [0.25, 0.3) is 0 Å². The van der Waals surface area contributed by atoms with Gasteiger partial charge in [0.15, 0.2) is 0 Å². The Balaban J connectivity index is 3.96. The van der Waals surface area contributed by atoms with Gasteiger partial charge in [0.1, 0.15) is 6.04 Å². The lowest BCUT2D eigenvalue weighted by molar-refractivity contribution is -0.323. The van der Waals surface area contributed by atoms with Crippen LogP contribution in [0.4, 0.5) is 13.2 Å². The van der Waals surface area contributed by atoms with Gasteiger partial charge in [-0.25, -0.2) is 0 Å². The van der Waals surface area contributed by atoms with Crippen LogP contribution in [0.1, 0.15) is 20.3 Å². The van der Waals surface area contributed by atoms with E-state index in [2.05, 4.69) is 14.8 Å². The summed E-state index contributed by atoms with van der Waals surface area (Å²) in [5.74, 6) is -0.249. The summed E-state index contributed by atoms with van der Waals surface area (Å²) in [6.45, 7) is 3.22. The number of hydrogen-bond acceptors (Lipinski definition) is 4. The molecule has 0 aromatic carbocycles. The van der Waals surface area contributed by atoms with Crippen molar-refractivity contribution in [3.05, 3.63) is 0 Å². The van der Waals surface area contributed by atoms with Crippen molar-refractivity contribution >= 4 is 5.97 Å². The van der Waals surface area contributed by atoms with E-state index in [4.69, 9.17) is 0 Å². The molecular formula is C10H18F3NO3. The van der Waals surface area contributed by atoms with Crippen LogP contribution in [0.3, 0.4) is 0 Å². The van der Waals surface area contributed by atoms with Crippen LogP contribution in [0.15, 0.2) is 0 Å². The fourth-order valence-corrected chi connectivity index (χ4v) is 1.28. The van der Waals surface area contributed by atoms with Crippen molar-refractivity contribution in [1.29, 1.82) is 0 Å². The standard InChI is InChI=1S/C10H18F3NO3/c1-7(2)6-8(9(15)16-3)14-4-5-17-10(11,12)13/h7-8,14H,4-6H2,1-3H3. The van der Waals surface area contributed by atoms with E-state index in [9.17, 15) is 18.0 Å². The lowest BCUT2D eigenvalue weighted by Gasteiger charge is -2.18. The summed E-state index contributed by atoms with van der Waals surface area (Å²) in [4.78, 5) is 11.3. The maximum absolute atomic E-state index is 11.7. The number of ether oxygens (including phenoxy) is 2. The van der Waals surface area contributed by atoms with Crippen LogP contribution < -0.4 is 5.32 Å². The summed E-state index contributed by atoms with van der Waals surface area (Å²) in [6.07, 6.45) is -4.14. The third-order valence-corrected chi connectivity index (χ3v) is 1.95. The molecule has 7 heteroatoms. The Morgan fingerprint density at radius 1 is 1.35 bits per heavy atom. The number of esters is 1. The second kappa shape index (κ2) is 7.50. The first-order chi connectivity index (χ1) is 7.76. The van der Waals surface area contributed by atoms with Gasteiger partial charge in [0.05, 0.1) is 13.7 Å². The molecule has 4 nitrogen and oxygen atoms in total. The number of nitrogens with one attached hydrogen (secondary N) is 1. The molecule has 1 unspecified atom stereocenters. The molecular weight excluding hydrogens is 239 g/mol. The number of carbonyl (C=O) groups is 1. The lowest BCUT2D eigenvalue weighted by Crippen LogP contribution is -2.40. The average Bonchev–Trinajstić information content (AvgIpc) is 2.19. The molecule has 0 amide bonds. The van der Waals surface area contributed by atoms with E-state index in [1.165, 1.54) is 7.11 Å². The summed E-state index contributed by atoms with van der Waals surface area (Å²) in [6, 6.07) is -0.600. The molecule has 0 bridgehead atoms. The molecule has 0 aliphatic rings. The van der Waals surface area contributed by atoms with Crippen LogP contribution in [0.5, 0.6) is 0 Å². The maximum atomic E-state index is 11.7. The smallest absolute Gasteiger partial charge is 0.468 e. The largest absolute Gasteiger partial charge is 0.522 e. The van der Waals surface area contributed by atoms with Gasteiger partial charge in [-0.15, -0.1) is 13.2 Å². The van der Waals surface area contributed by atoms with Gasteiger partial charge >= 0.3 is 12.3 Å². The second-order valence-electron chi connectivity index (χ2n) is 3.95. The molecule has 0 heterocycles. The number of methoxy groups -OCH3 is 1. The van der Waals surface area contributed by atoms with E-state index in [-0.39, 0.29) is 12.5 Å². The maximum Gasteiger partial charge on any atom is 0.522 e. The lowest BCUT2D eigenvalue weighted by atomic mass is 10.0. The van der Waals surface area contributed by atoms with E-state index in [1.54, 1.807) is 0 Å². The molecule has 0 aromatic rings. The molecule has 102 valence electrons. The quantitative estimate of drug-likeness (QED) is 0.557. The molecule has 0 spiro atoms. The van der Waals surface area contributed by atoms with E-state index >= 15 is 0 Å². The zero-order chi connectivity index (χ0) is 13.5. The predicted octanol–water partition coefficient (Wildman–Crippen LogP) is 1.70. The molecule has 0 saturated carbocycles. The third kappa shape index (κ3) is 8.93. The van der Waals surface area contributed by atoms with Crippen LogP contribution in [-0.4, -0.2) is 38.6 Å². The van der Waals surface area contributed by atoms with E-state index < -0.39 is 25.0 Å². The fourth-order valence-electron chi connectivity index (χ4n) is 1.28. The molecule has 0 rings (SSSR count). The number of rotatable bonds is 7. The number of carbonyl (C=O) groups excluding carboxylic acids is 1. The highest BCUT2D eigenvalue weighted by atomic mass is 19.4. The Morgan fingerprint density at radius 3 is 2.35 bits per heavy atom. The number of alkyl halides is 3. The summed E-state index contributed by atoms with van der Waals surface area (Å²) < 4.78 is 43.2. The van der Waals surface area contributed by atoms with E-state index in [1.807, 2.05) is 13.8 Å². The van der Waals surface area contributed by atoms with Gasteiger partial charge in [-0.05, 0) is 12.3 Å². The van der Waals surface area contributed by atoms with Gasteiger partial charge in [-0.3, -0.25) is 9.53 Å². The fraction of sp³-hybridized carbons (Fsp3) is 0.900. The summed E-state index contributed by atoms with van der Waals surface area (Å²) in [5, 5.41) is 2.67. The highest BCUT2D eigenvalue weighted by Gasteiger charge is 2.29. The molecule has 17 heavy (non-hydrogen) atoms. The van der Waals surface area contributed by atoms with Gasteiger partial charge in [0, 0.05) is 6.54 Å². The first kappa shape index (κ1) is 16.2. The second-order valence-corrected chi connectivity index (χ2v) is 3.95. The third-order valence-electron chi connectivity index (χ3n) is 1.95. The molecule has 0 aliphatic carbocycles. The first-order valence-corrected chi connectivity index (χ1v) is 5.28. The van der Waals surface area contributed by atoms with Crippen LogP contribution in [-0.2, 0) is 14.3 Å². The molecule has 1 atom stereocenters. The summed E-state index contributed by atoms with van der Waals surface area (Å²) in [7, 11) is 1.24. The molecule has 0 aromatic heterocycles. The minimum Gasteiger partial charge on any atom is -0.468 e. The van der Waals surface area contributed by atoms with Crippen LogP contribution in [0, 0.1) is 5.92 Å². The molecule has 1 N–H and O–H groups in total. The molecule has 0 radical (unpaired) electrons. The number of hydrogen-bond donors (Lipinski definition) is 1. The Hall–Kier alpha value is -0.820. The van der Waals surface area contributed by atoms with Crippen molar-refractivity contribution < 1.29 is 27.4 Å². The van der Waals surface area contributed by atoms with E-state index in [0.29, 0.717) is 6.42 Å². The Labute approximate surface area is 98.5 Å². The molecule has 0 fully saturated rings. The molecule has 0 aliphatic heterocycles. The highest BCUT2D eigenvalue weighted by Crippen LogP contribution is 2.15. The van der Waals surface area contributed by atoms with Crippen molar-refractivity contribution in [2.75, 3.05) is 20.3 Å². The summed E-state index contributed by atoms with van der Waals surface area (Å²) >= 11 is 0. The highest BCUT2D eigenvalue weighted by molar-refractivity contribution is 5.75. The van der Waals surface area contributed by atoms with Crippen LogP contribution in [0.25, 0.3) is 0 Å². The normalized spacial score (nSPS) is 13.8. The Bertz CT molecular complexity index is 231. The van der Waals surface area contributed by atoms with Gasteiger partial charge < -0.3 is 10.1 Å². The van der Waals surface area contributed by atoms with Crippen molar-refractivity contribution in [1.82, 2.24) is 5.32 Å². The topological polar surface area (TPSA) is 47.6 Å². The molecule has 0 saturated heterocycles. The SMILES string of the molecule is COC(=O)C(CC(C)C)NCCOC(F)(F)F. The Kier molecular flexibility index (Phi) is 7.13. The number of halogens is 3. The Morgan fingerprint density at radius 2 is 1.94 bits per heavy atom. The van der Waals surface area contributed by atoms with Gasteiger partial charge in [0.2, 0.25) is 0 Å². The average molecular weight is 257 g/mol. The van der Waals surface area contributed by atoms with Crippen molar-refractivity contribution in [3.8, 4) is 0 Å². The first-order valence-electron chi connectivity index (χ1n) is 5.28. The summed E-state index contributed by atoms with van der Waals surface area (Å²) in [5.41, 5.74) is 0. The zero-order valence-corrected chi connectivity index (χ0v) is 10.1. The van der Waals surface area contributed by atoms with Crippen molar-refractivity contribution in [2.45, 2.75) is 32.7 Å². The van der Waals surface area contributed by atoms with Gasteiger partial charge in [-0.1, -0.05) is 13.8 Å². The van der Waals surface area contributed by atoms with Crippen molar-refractivity contribution in [3.63, 3.8) is 0 Å². The monoisotopic (exact) mass is 257 g/mol.